The van der Waals surface area contributed by atoms with Crippen molar-refractivity contribution in [2.45, 2.75) is 5.41 Å². The zero-order chi connectivity index (χ0) is 40.8. The van der Waals surface area contributed by atoms with E-state index in [4.69, 9.17) is 0 Å². The van der Waals surface area contributed by atoms with Gasteiger partial charge in [0.25, 0.3) is 0 Å². The molecule has 0 saturated heterocycles. The molecular weight excluding hydrogens is 747 g/mol. The highest BCUT2D eigenvalue weighted by Gasteiger charge is 2.52. The number of nitrogens with zero attached hydrogens (tertiary/aromatic N) is 1. The molecule has 13 rings (SSSR count). The highest BCUT2D eigenvalue weighted by atomic mass is 15.1. The van der Waals surface area contributed by atoms with Crippen LogP contribution in [0.4, 0.5) is 17.1 Å². The average molecular weight is 786 g/mol. The van der Waals surface area contributed by atoms with Crippen molar-refractivity contribution < 1.29 is 0 Å². The lowest BCUT2D eigenvalue weighted by Gasteiger charge is -2.33. The number of anilines is 3. The summed E-state index contributed by atoms with van der Waals surface area (Å²) in [7, 11) is 0. The minimum absolute atomic E-state index is 0.457. The second kappa shape index (κ2) is 13.5. The summed E-state index contributed by atoms with van der Waals surface area (Å²) < 4.78 is 0. The van der Waals surface area contributed by atoms with Crippen molar-refractivity contribution in [1.29, 1.82) is 0 Å². The van der Waals surface area contributed by atoms with Crippen LogP contribution in [-0.2, 0) is 5.41 Å². The normalized spacial score (nSPS) is 13.0. The van der Waals surface area contributed by atoms with E-state index in [2.05, 4.69) is 241 Å². The van der Waals surface area contributed by atoms with Crippen LogP contribution in [0.2, 0.25) is 0 Å². The molecule has 0 aliphatic heterocycles. The van der Waals surface area contributed by atoms with Crippen LogP contribution in [0.1, 0.15) is 22.3 Å². The van der Waals surface area contributed by atoms with E-state index < -0.39 is 5.41 Å². The second-order valence-electron chi connectivity index (χ2n) is 16.7. The summed E-state index contributed by atoms with van der Waals surface area (Å²) in [5.74, 6) is 0. The number of hydrogen-bond donors (Lipinski definition) is 0. The maximum atomic E-state index is 2.55. The van der Waals surface area contributed by atoms with Crippen molar-refractivity contribution >= 4 is 17.1 Å². The van der Waals surface area contributed by atoms with Gasteiger partial charge in [0, 0.05) is 16.8 Å². The van der Waals surface area contributed by atoms with Crippen LogP contribution in [0.3, 0.4) is 0 Å². The predicted molar refractivity (Wildman–Crippen MR) is 258 cm³/mol. The molecule has 0 atom stereocenters. The molecule has 10 aromatic carbocycles. The van der Waals surface area contributed by atoms with Crippen molar-refractivity contribution in [3.05, 3.63) is 259 Å². The maximum Gasteiger partial charge on any atom is 0.0726 e. The quantitative estimate of drug-likeness (QED) is 0.172. The van der Waals surface area contributed by atoms with Crippen molar-refractivity contribution in [1.82, 2.24) is 0 Å². The summed E-state index contributed by atoms with van der Waals surface area (Å²) in [6.45, 7) is 0. The van der Waals surface area contributed by atoms with Crippen molar-refractivity contribution in [3.63, 3.8) is 0 Å². The molecule has 0 unspecified atom stereocenters. The molecule has 1 spiro atoms. The van der Waals surface area contributed by atoms with E-state index in [9.17, 15) is 0 Å². The van der Waals surface area contributed by atoms with Crippen molar-refractivity contribution in [2.75, 3.05) is 4.90 Å². The number of para-hydroxylation sites is 1. The van der Waals surface area contributed by atoms with Gasteiger partial charge in [0.1, 0.15) is 0 Å². The lowest BCUT2D eigenvalue weighted by Crippen LogP contribution is -2.26. The topological polar surface area (TPSA) is 3.24 Å². The van der Waals surface area contributed by atoms with E-state index in [1.165, 1.54) is 100 Å². The van der Waals surface area contributed by atoms with E-state index in [1.807, 2.05) is 0 Å². The van der Waals surface area contributed by atoms with Crippen LogP contribution in [0.5, 0.6) is 0 Å². The Labute approximate surface area is 362 Å². The predicted octanol–water partition coefficient (Wildman–Crippen LogP) is 16.1. The summed E-state index contributed by atoms with van der Waals surface area (Å²) in [5, 5.41) is 0. The Morgan fingerprint density at radius 3 is 1.19 bits per heavy atom. The Kier molecular flexibility index (Phi) is 7.59. The molecule has 1 heteroatoms. The third-order valence-electron chi connectivity index (χ3n) is 13.7. The highest BCUT2D eigenvalue weighted by Crippen LogP contribution is 2.65. The summed E-state index contributed by atoms with van der Waals surface area (Å²) in [4.78, 5) is 2.55. The van der Waals surface area contributed by atoms with Crippen LogP contribution in [0, 0.1) is 0 Å². The van der Waals surface area contributed by atoms with E-state index in [0.717, 1.165) is 17.1 Å². The van der Waals surface area contributed by atoms with Crippen LogP contribution in [0.25, 0.3) is 77.9 Å². The highest BCUT2D eigenvalue weighted by molar-refractivity contribution is 6.06. The van der Waals surface area contributed by atoms with Gasteiger partial charge in [-0.05, 0) is 113 Å². The largest absolute Gasteiger partial charge is 0.309 e. The molecule has 0 N–H and O–H groups in total. The fourth-order valence-corrected chi connectivity index (χ4v) is 11.2. The molecule has 0 bridgehead atoms. The molecule has 0 fully saturated rings. The first-order chi connectivity index (χ1) is 30.8. The van der Waals surface area contributed by atoms with Crippen molar-refractivity contribution in [2.24, 2.45) is 0 Å². The lowest BCUT2D eigenvalue weighted by molar-refractivity contribution is 0.794. The second-order valence-corrected chi connectivity index (χ2v) is 16.7. The molecule has 62 heavy (non-hydrogen) atoms. The lowest BCUT2D eigenvalue weighted by atomic mass is 9.70. The Morgan fingerprint density at radius 2 is 0.629 bits per heavy atom. The SMILES string of the molecule is c1ccc(-c2ccccc2N(c2ccc3c(c2)-c2ccccc2-c2ccccc2-c2ccccc2-3)c2cccc3c2-c2ccccc2C32c3ccccc3-c3ccccc32)cc1. The smallest absolute Gasteiger partial charge is 0.0726 e. The summed E-state index contributed by atoms with van der Waals surface area (Å²) >= 11 is 0. The van der Waals surface area contributed by atoms with Gasteiger partial charge in [-0.25, -0.2) is 0 Å². The molecule has 0 saturated carbocycles. The molecule has 0 radical (unpaired) electrons. The van der Waals surface area contributed by atoms with Gasteiger partial charge in [-0.2, -0.15) is 0 Å². The minimum atomic E-state index is -0.457. The average Bonchev–Trinajstić information content (AvgIpc) is 3.82. The van der Waals surface area contributed by atoms with Gasteiger partial charge in [-0.1, -0.05) is 212 Å². The first kappa shape index (κ1) is 34.8. The summed E-state index contributed by atoms with van der Waals surface area (Å²) in [6.07, 6.45) is 0. The molecule has 0 heterocycles. The Balaban J connectivity index is 1.13. The van der Waals surface area contributed by atoms with E-state index in [1.54, 1.807) is 0 Å². The Hall–Kier alpha value is -8.00. The van der Waals surface area contributed by atoms with Gasteiger partial charge in [0.05, 0.1) is 16.8 Å². The number of hydrogen-bond acceptors (Lipinski definition) is 1. The first-order valence-corrected chi connectivity index (χ1v) is 21.6. The Bertz CT molecular complexity index is 3380. The van der Waals surface area contributed by atoms with Gasteiger partial charge in [0.2, 0.25) is 0 Å². The maximum absolute atomic E-state index is 2.55. The molecule has 3 aliphatic carbocycles. The molecular formula is C61H39N. The van der Waals surface area contributed by atoms with Gasteiger partial charge < -0.3 is 4.90 Å². The van der Waals surface area contributed by atoms with Gasteiger partial charge in [-0.3, -0.25) is 0 Å². The fourth-order valence-electron chi connectivity index (χ4n) is 11.2. The van der Waals surface area contributed by atoms with Crippen LogP contribution >= 0.6 is 0 Å². The first-order valence-electron chi connectivity index (χ1n) is 21.6. The standard InChI is InChI=1S/C61H39N/c1-2-19-40(20-3-1)42-21-13-17-35-58(42)62(41-37-38-49-47-26-7-6-24-45(47)43-22-4-5-23-44(43)46-25-8-9-27-48(46)53(49)39-41)59-36-18-34-57-60(59)52-30-12-16-33-56(52)61(57)54-31-14-10-28-50(54)51-29-11-15-32-55(51)61/h1-39H. The zero-order valence-electron chi connectivity index (χ0n) is 34.0. The molecule has 3 aliphatic rings. The zero-order valence-corrected chi connectivity index (χ0v) is 34.0. The van der Waals surface area contributed by atoms with Crippen molar-refractivity contribution in [3.8, 4) is 77.9 Å². The molecule has 10 aromatic rings. The van der Waals surface area contributed by atoms with Gasteiger partial charge in [-0.15, -0.1) is 0 Å². The van der Waals surface area contributed by atoms with E-state index in [0.29, 0.717) is 0 Å². The summed E-state index contributed by atoms with van der Waals surface area (Å²) in [6, 6.07) is 88.0. The minimum Gasteiger partial charge on any atom is -0.309 e. The molecule has 0 aromatic heterocycles. The number of benzene rings is 10. The number of rotatable bonds is 4. The van der Waals surface area contributed by atoms with Crippen LogP contribution < -0.4 is 4.90 Å². The summed E-state index contributed by atoms with van der Waals surface area (Å²) in [5.41, 5.74) is 25.7. The van der Waals surface area contributed by atoms with Gasteiger partial charge in [0.15, 0.2) is 0 Å². The van der Waals surface area contributed by atoms with Crippen LogP contribution in [0.15, 0.2) is 237 Å². The fraction of sp³-hybridized carbons (Fsp3) is 0.0164. The monoisotopic (exact) mass is 785 g/mol. The molecule has 288 valence electrons. The van der Waals surface area contributed by atoms with Crippen LogP contribution in [-0.4, -0.2) is 0 Å². The molecule has 0 amide bonds. The Morgan fingerprint density at radius 1 is 0.242 bits per heavy atom. The third kappa shape index (κ3) is 4.79. The van der Waals surface area contributed by atoms with Gasteiger partial charge >= 0.3 is 0 Å². The van der Waals surface area contributed by atoms with E-state index >= 15 is 0 Å². The molecule has 1 nitrogen and oxygen atoms in total. The van der Waals surface area contributed by atoms with E-state index in [-0.39, 0.29) is 0 Å². The third-order valence-corrected chi connectivity index (χ3v) is 13.7. The number of fused-ring (bicyclic) bond motifs is 18.